The normalized spacial score (nSPS) is 12.2. The fourth-order valence-electron chi connectivity index (χ4n) is 1.83. The van der Waals surface area contributed by atoms with Crippen molar-refractivity contribution in [3.63, 3.8) is 0 Å². The lowest BCUT2D eigenvalue weighted by atomic mass is 10.1. The summed E-state index contributed by atoms with van der Waals surface area (Å²) in [5, 5.41) is 0. The van der Waals surface area contributed by atoms with Gasteiger partial charge < -0.3 is 10.6 Å². The second kappa shape index (κ2) is 6.82. The van der Waals surface area contributed by atoms with Crippen molar-refractivity contribution in [1.29, 1.82) is 0 Å². The number of halogens is 1. The van der Waals surface area contributed by atoms with Crippen LogP contribution in [0.25, 0.3) is 0 Å². The van der Waals surface area contributed by atoms with Crippen LogP contribution in [0.4, 0.5) is 5.69 Å². The Balaban J connectivity index is 2.97. The van der Waals surface area contributed by atoms with Gasteiger partial charge in [0.1, 0.15) is 0 Å². The maximum absolute atomic E-state index is 5.90. The molecule has 1 rings (SSSR count). The largest absolute Gasteiger partial charge is 0.368 e. The summed E-state index contributed by atoms with van der Waals surface area (Å²) < 4.78 is 1.08. The molecule has 0 fully saturated rings. The molecule has 2 nitrogen and oxygen atoms in total. The van der Waals surface area contributed by atoms with Gasteiger partial charge in [0.15, 0.2) is 0 Å². The van der Waals surface area contributed by atoms with Crippen molar-refractivity contribution in [2.75, 3.05) is 18.0 Å². The van der Waals surface area contributed by atoms with E-state index >= 15 is 0 Å². The van der Waals surface area contributed by atoms with Crippen LogP contribution in [-0.4, -0.2) is 13.1 Å². The fraction of sp³-hybridized carbons (Fsp3) is 0.429. The van der Waals surface area contributed by atoms with Gasteiger partial charge in [-0.2, -0.15) is 0 Å². The molecule has 0 amide bonds. The highest BCUT2D eigenvalue weighted by atomic mass is 79.9. The van der Waals surface area contributed by atoms with Gasteiger partial charge in [-0.15, -0.1) is 6.58 Å². The topological polar surface area (TPSA) is 29.3 Å². The fourth-order valence-corrected chi connectivity index (χ4v) is 2.56. The van der Waals surface area contributed by atoms with Crippen molar-refractivity contribution in [3.05, 3.63) is 40.9 Å². The standard InChI is InChI=1S/C14H21BrN2/c1-4-8-17(9-5-2)12-6-7-13(11(3)16)14(15)10-12/h4,6-7,10-11H,1,5,8-9,16H2,2-3H3/t11-/m1/s1. The van der Waals surface area contributed by atoms with Crippen molar-refractivity contribution in [1.82, 2.24) is 0 Å². The smallest absolute Gasteiger partial charge is 0.0380 e. The molecule has 3 heteroatoms. The van der Waals surface area contributed by atoms with E-state index in [1.807, 2.05) is 13.0 Å². The summed E-state index contributed by atoms with van der Waals surface area (Å²) in [6.45, 7) is 9.89. The Labute approximate surface area is 113 Å². The highest BCUT2D eigenvalue weighted by Crippen LogP contribution is 2.27. The van der Waals surface area contributed by atoms with Gasteiger partial charge in [-0.1, -0.05) is 35.0 Å². The lowest BCUT2D eigenvalue weighted by Gasteiger charge is -2.23. The average Bonchev–Trinajstić information content (AvgIpc) is 2.28. The summed E-state index contributed by atoms with van der Waals surface area (Å²) in [4.78, 5) is 2.31. The summed E-state index contributed by atoms with van der Waals surface area (Å²) in [6.07, 6.45) is 3.06. The highest BCUT2D eigenvalue weighted by molar-refractivity contribution is 9.10. The van der Waals surface area contributed by atoms with Crippen molar-refractivity contribution in [2.45, 2.75) is 26.3 Å². The molecule has 17 heavy (non-hydrogen) atoms. The Bertz CT molecular complexity index is 374. The van der Waals surface area contributed by atoms with Gasteiger partial charge in [-0.3, -0.25) is 0 Å². The molecule has 0 aliphatic heterocycles. The molecule has 0 radical (unpaired) electrons. The molecular formula is C14H21BrN2. The van der Waals surface area contributed by atoms with Crippen molar-refractivity contribution in [2.24, 2.45) is 5.73 Å². The van der Waals surface area contributed by atoms with Crippen LogP contribution in [0.15, 0.2) is 35.3 Å². The van der Waals surface area contributed by atoms with E-state index < -0.39 is 0 Å². The minimum Gasteiger partial charge on any atom is -0.368 e. The maximum atomic E-state index is 5.90. The first-order valence-corrected chi connectivity index (χ1v) is 6.80. The van der Waals surface area contributed by atoms with E-state index in [9.17, 15) is 0 Å². The number of anilines is 1. The molecule has 1 atom stereocenters. The van der Waals surface area contributed by atoms with E-state index in [4.69, 9.17) is 5.73 Å². The number of rotatable bonds is 6. The molecule has 0 heterocycles. The zero-order chi connectivity index (χ0) is 12.8. The minimum atomic E-state index is 0.0532. The summed E-state index contributed by atoms with van der Waals surface area (Å²) in [5.74, 6) is 0. The van der Waals surface area contributed by atoms with Crippen LogP contribution in [0.5, 0.6) is 0 Å². The van der Waals surface area contributed by atoms with Gasteiger partial charge in [0, 0.05) is 29.3 Å². The van der Waals surface area contributed by atoms with Gasteiger partial charge >= 0.3 is 0 Å². The monoisotopic (exact) mass is 296 g/mol. The van der Waals surface area contributed by atoms with Gasteiger partial charge in [-0.05, 0) is 31.0 Å². The molecule has 0 unspecified atom stereocenters. The Morgan fingerprint density at radius 2 is 2.24 bits per heavy atom. The summed E-state index contributed by atoms with van der Waals surface area (Å²) in [6, 6.07) is 6.41. The zero-order valence-electron chi connectivity index (χ0n) is 10.6. The Hall–Kier alpha value is -0.800. The lowest BCUT2D eigenvalue weighted by molar-refractivity contribution is 0.802. The quantitative estimate of drug-likeness (QED) is 0.808. The second-order valence-electron chi connectivity index (χ2n) is 4.23. The minimum absolute atomic E-state index is 0.0532. The summed E-state index contributed by atoms with van der Waals surface area (Å²) in [7, 11) is 0. The molecule has 0 aliphatic rings. The van der Waals surface area contributed by atoms with Crippen molar-refractivity contribution >= 4 is 21.6 Å². The molecular weight excluding hydrogens is 276 g/mol. The van der Waals surface area contributed by atoms with E-state index in [2.05, 4.69) is 52.5 Å². The third-order valence-corrected chi connectivity index (χ3v) is 3.37. The number of nitrogens with zero attached hydrogens (tertiary/aromatic N) is 1. The van der Waals surface area contributed by atoms with Crippen LogP contribution in [0, 0.1) is 0 Å². The number of benzene rings is 1. The molecule has 0 saturated heterocycles. The first-order valence-electron chi connectivity index (χ1n) is 6.01. The van der Waals surface area contributed by atoms with Crippen LogP contribution < -0.4 is 10.6 Å². The predicted molar refractivity (Wildman–Crippen MR) is 79.4 cm³/mol. The van der Waals surface area contributed by atoms with Gasteiger partial charge in [0.05, 0.1) is 0 Å². The third kappa shape index (κ3) is 3.86. The predicted octanol–water partition coefficient (Wildman–Crippen LogP) is 3.87. The van der Waals surface area contributed by atoms with E-state index in [0.29, 0.717) is 0 Å². The molecule has 0 bridgehead atoms. The first-order chi connectivity index (χ1) is 8.10. The van der Waals surface area contributed by atoms with Crippen molar-refractivity contribution in [3.8, 4) is 0 Å². The third-order valence-electron chi connectivity index (χ3n) is 2.68. The van der Waals surface area contributed by atoms with Gasteiger partial charge in [0.2, 0.25) is 0 Å². The Kier molecular flexibility index (Phi) is 5.72. The van der Waals surface area contributed by atoms with Crippen LogP contribution in [-0.2, 0) is 0 Å². The van der Waals surface area contributed by atoms with Crippen molar-refractivity contribution < 1.29 is 0 Å². The summed E-state index contributed by atoms with van der Waals surface area (Å²) in [5.41, 5.74) is 8.25. The van der Waals surface area contributed by atoms with Crippen LogP contribution >= 0.6 is 15.9 Å². The Morgan fingerprint density at radius 3 is 2.71 bits per heavy atom. The summed E-state index contributed by atoms with van der Waals surface area (Å²) >= 11 is 3.59. The molecule has 94 valence electrons. The molecule has 0 aromatic heterocycles. The average molecular weight is 297 g/mol. The molecule has 0 saturated carbocycles. The molecule has 2 N–H and O–H groups in total. The lowest BCUT2D eigenvalue weighted by Crippen LogP contribution is -2.24. The second-order valence-corrected chi connectivity index (χ2v) is 5.08. The van der Waals surface area contributed by atoms with E-state index in [-0.39, 0.29) is 6.04 Å². The van der Waals surface area contributed by atoms with E-state index in [0.717, 1.165) is 29.5 Å². The number of hydrogen-bond donors (Lipinski definition) is 1. The highest BCUT2D eigenvalue weighted by Gasteiger charge is 2.09. The SMILES string of the molecule is C=CCN(CCC)c1ccc([C@@H](C)N)c(Br)c1. The molecule has 1 aromatic carbocycles. The first kappa shape index (κ1) is 14.3. The molecule has 1 aromatic rings. The number of nitrogens with two attached hydrogens (primary N) is 1. The Morgan fingerprint density at radius 1 is 1.53 bits per heavy atom. The van der Waals surface area contributed by atoms with Gasteiger partial charge in [0.25, 0.3) is 0 Å². The van der Waals surface area contributed by atoms with E-state index in [1.165, 1.54) is 5.69 Å². The van der Waals surface area contributed by atoms with Crippen LogP contribution in [0.2, 0.25) is 0 Å². The van der Waals surface area contributed by atoms with E-state index in [1.54, 1.807) is 0 Å². The van der Waals surface area contributed by atoms with Crippen LogP contribution in [0.1, 0.15) is 31.9 Å². The molecule has 0 spiro atoms. The van der Waals surface area contributed by atoms with Gasteiger partial charge in [-0.25, -0.2) is 0 Å². The molecule has 0 aliphatic carbocycles. The van der Waals surface area contributed by atoms with Crippen LogP contribution in [0.3, 0.4) is 0 Å². The zero-order valence-corrected chi connectivity index (χ0v) is 12.2. The number of hydrogen-bond acceptors (Lipinski definition) is 2. The maximum Gasteiger partial charge on any atom is 0.0380 e.